The van der Waals surface area contributed by atoms with Crippen molar-refractivity contribution in [1.29, 1.82) is 0 Å². The molecule has 9 heteroatoms. The van der Waals surface area contributed by atoms with Gasteiger partial charge < -0.3 is 0 Å². The number of aryl methyl sites for hydroxylation is 2. The number of carbonyl (C=O) groups is 1. The zero-order valence-electron chi connectivity index (χ0n) is 20.1. The molecule has 0 unspecified atom stereocenters. The monoisotopic (exact) mass is 481 g/mol. The number of piperidine rings is 1. The number of sulfonamides is 1. The van der Waals surface area contributed by atoms with Crippen molar-refractivity contribution < 1.29 is 13.2 Å². The lowest BCUT2D eigenvalue weighted by Crippen LogP contribution is -2.45. The average molecular weight is 482 g/mol. The molecule has 0 spiro atoms. The highest BCUT2D eigenvalue weighted by Crippen LogP contribution is 2.32. The van der Waals surface area contributed by atoms with Crippen LogP contribution >= 0.6 is 0 Å². The first-order chi connectivity index (χ1) is 16.1. The molecule has 1 aliphatic rings. The number of nitrogens with zero attached hydrogens (tertiary/aromatic N) is 3. The van der Waals surface area contributed by atoms with Crippen molar-refractivity contribution in [3.63, 3.8) is 0 Å². The van der Waals surface area contributed by atoms with E-state index in [4.69, 9.17) is 5.10 Å². The molecule has 0 bridgehead atoms. The molecule has 1 fully saturated rings. The summed E-state index contributed by atoms with van der Waals surface area (Å²) >= 11 is 0. The smallest absolute Gasteiger partial charge is 0.284 e. The molecule has 1 saturated heterocycles. The molecule has 0 radical (unpaired) electrons. The maximum absolute atomic E-state index is 13.2. The lowest BCUT2D eigenvalue weighted by molar-refractivity contribution is 0.0743. The van der Waals surface area contributed by atoms with Crippen LogP contribution in [0.1, 0.15) is 46.4 Å². The van der Waals surface area contributed by atoms with Crippen LogP contribution in [0.2, 0.25) is 0 Å². The van der Waals surface area contributed by atoms with Crippen LogP contribution in [-0.2, 0) is 10.0 Å². The Kier molecular flexibility index (Phi) is 6.77. The summed E-state index contributed by atoms with van der Waals surface area (Å²) in [6.07, 6.45) is 4.41. The summed E-state index contributed by atoms with van der Waals surface area (Å²) in [5, 5.41) is 6.71. The van der Waals surface area contributed by atoms with Gasteiger partial charge in [0, 0.05) is 29.9 Å². The van der Waals surface area contributed by atoms with Gasteiger partial charge in [-0.2, -0.15) is 5.10 Å². The van der Waals surface area contributed by atoms with E-state index in [0.29, 0.717) is 11.4 Å². The van der Waals surface area contributed by atoms with E-state index < -0.39 is 10.0 Å². The third kappa shape index (κ3) is 5.31. The van der Waals surface area contributed by atoms with Gasteiger partial charge in [0.2, 0.25) is 10.0 Å². The van der Waals surface area contributed by atoms with Crippen molar-refractivity contribution in [1.82, 2.24) is 20.2 Å². The highest BCUT2D eigenvalue weighted by atomic mass is 32.2. The molecular formula is C25H31N5O3S. The highest BCUT2D eigenvalue weighted by Gasteiger charge is 2.25. The molecule has 2 heterocycles. The molecule has 8 nitrogen and oxygen atoms in total. The first-order valence-corrected chi connectivity index (χ1v) is 13.3. The fourth-order valence-corrected chi connectivity index (χ4v) is 4.97. The standard InChI is InChI=1S/C25H31N5O3S/c1-17-11-12-22(18(2)15-17)30-24(20-9-8-10-21(16-20)28-34(4,32)33)19(3)23(26-30)25(31)27-29-13-6-5-7-14-29/h8-12,15-16,28H,5-7,13-14H2,1-4H3,(H,27,31). The van der Waals surface area contributed by atoms with Crippen LogP contribution in [0.5, 0.6) is 0 Å². The first-order valence-electron chi connectivity index (χ1n) is 11.4. The molecule has 1 aliphatic heterocycles. The number of aromatic nitrogens is 2. The second-order valence-corrected chi connectivity index (χ2v) is 10.7. The normalized spacial score (nSPS) is 14.7. The van der Waals surface area contributed by atoms with Gasteiger partial charge in [0.15, 0.2) is 5.69 Å². The molecule has 1 aromatic heterocycles. The Morgan fingerprint density at radius 2 is 1.74 bits per heavy atom. The number of anilines is 1. The fraction of sp³-hybridized carbons (Fsp3) is 0.360. The third-order valence-corrected chi connectivity index (χ3v) is 6.58. The van der Waals surface area contributed by atoms with E-state index in [1.54, 1.807) is 22.9 Å². The topological polar surface area (TPSA) is 96.3 Å². The number of benzene rings is 2. The molecule has 180 valence electrons. The predicted molar refractivity (Wildman–Crippen MR) is 135 cm³/mol. The lowest BCUT2D eigenvalue weighted by atomic mass is 10.0. The van der Waals surface area contributed by atoms with Gasteiger partial charge in [-0.05, 0) is 57.4 Å². The number of hydrogen-bond acceptors (Lipinski definition) is 5. The van der Waals surface area contributed by atoms with E-state index in [2.05, 4.69) is 16.2 Å². The van der Waals surface area contributed by atoms with E-state index in [1.165, 1.54) is 6.42 Å². The van der Waals surface area contributed by atoms with E-state index >= 15 is 0 Å². The number of nitrogens with one attached hydrogen (secondary N) is 2. The molecule has 1 amide bonds. The summed E-state index contributed by atoms with van der Waals surface area (Å²) in [5.74, 6) is -0.241. The van der Waals surface area contributed by atoms with E-state index in [0.717, 1.165) is 65.8 Å². The minimum atomic E-state index is -3.43. The first kappa shape index (κ1) is 24.0. The highest BCUT2D eigenvalue weighted by molar-refractivity contribution is 7.92. The summed E-state index contributed by atoms with van der Waals surface area (Å²) in [5.41, 5.74) is 9.07. The second-order valence-electron chi connectivity index (χ2n) is 8.97. The number of carbonyl (C=O) groups excluding carboxylic acids is 1. The van der Waals surface area contributed by atoms with Gasteiger partial charge in [-0.3, -0.25) is 14.9 Å². The Morgan fingerprint density at radius 3 is 2.41 bits per heavy atom. The Labute approximate surface area is 201 Å². The summed E-state index contributed by atoms with van der Waals surface area (Å²) < 4.78 is 27.9. The Morgan fingerprint density at radius 1 is 1.00 bits per heavy atom. The summed E-state index contributed by atoms with van der Waals surface area (Å²) in [6, 6.07) is 13.2. The van der Waals surface area contributed by atoms with Crippen LogP contribution in [0.4, 0.5) is 5.69 Å². The van der Waals surface area contributed by atoms with Crippen LogP contribution < -0.4 is 10.1 Å². The predicted octanol–water partition coefficient (Wildman–Crippen LogP) is 3.97. The summed E-state index contributed by atoms with van der Waals surface area (Å²) in [6.45, 7) is 7.58. The molecule has 0 saturated carbocycles. The van der Waals surface area contributed by atoms with Crippen molar-refractivity contribution in [2.24, 2.45) is 0 Å². The molecular weight excluding hydrogens is 450 g/mol. The third-order valence-electron chi connectivity index (χ3n) is 5.97. The minimum Gasteiger partial charge on any atom is -0.284 e. The summed E-state index contributed by atoms with van der Waals surface area (Å²) in [7, 11) is -3.43. The maximum Gasteiger partial charge on any atom is 0.286 e. The zero-order chi connectivity index (χ0) is 24.5. The van der Waals surface area contributed by atoms with Gasteiger partial charge in [-0.1, -0.05) is 36.2 Å². The van der Waals surface area contributed by atoms with Gasteiger partial charge in [0.1, 0.15) is 0 Å². The van der Waals surface area contributed by atoms with Gasteiger partial charge in [-0.15, -0.1) is 0 Å². The molecule has 3 aromatic rings. The number of rotatable bonds is 6. The van der Waals surface area contributed by atoms with E-state index in [9.17, 15) is 13.2 Å². The molecule has 0 aliphatic carbocycles. The van der Waals surface area contributed by atoms with Crippen LogP contribution in [-0.4, -0.2) is 48.5 Å². The number of hydrazine groups is 1. The van der Waals surface area contributed by atoms with Crippen LogP contribution in [0.15, 0.2) is 42.5 Å². The lowest BCUT2D eigenvalue weighted by Gasteiger charge is -2.26. The molecule has 34 heavy (non-hydrogen) atoms. The zero-order valence-corrected chi connectivity index (χ0v) is 20.9. The van der Waals surface area contributed by atoms with Crippen molar-refractivity contribution in [2.45, 2.75) is 40.0 Å². The van der Waals surface area contributed by atoms with Crippen molar-refractivity contribution >= 4 is 21.6 Å². The van der Waals surface area contributed by atoms with E-state index in [-0.39, 0.29) is 5.91 Å². The van der Waals surface area contributed by atoms with Gasteiger partial charge in [0.25, 0.3) is 5.91 Å². The van der Waals surface area contributed by atoms with Crippen molar-refractivity contribution in [3.8, 4) is 16.9 Å². The molecule has 4 rings (SSSR count). The molecule has 2 N–H and O–H groups in total. The minimum absolute atomic E-state index is 0.241. The van der Waals surface area contributed by atoms with Gasteiger partial charge in [0.05, 0.1) is 17.6 Å². The Bertz CT molecular complexity index is 1320. The SMILES string of the molecule is Cc1ccc(-n2nc(C(=O)NN3CCCCC3)c(C)c2-c2cccc(NS(C)(=O)=O)c2)c(C)c1. The maximum atomic E-state index is 13.2. The number of hydrogen-bond donors (Lipinski definition) is 2. The average Bonchev–Trinajstić information content (AvgIpc) is 3.10. The fourth-order valence-electron chi connectivity index (χ4n) is 4.41. The largest absolute Gasteiger partial charge is 0.286 e. The molecule has 2 aromatic carbocycles. The summed E-state index contributed by atoms with van der Waals surface area (Å²) in [4.78, 5) is 13.2. The Hall–Kier alpha value is -3.17. The van der Waals surface area contributed by atoms with Crippen molar-refractivity contribution in [3.05, 3.63) is 64.8 Å². The van der Waals surface area contributed by atoms with E-state index in [1.807, 2.05) is 44.0 Å². The van der Waals surface area contributed by atoms with Gasteiger partial charge >= 0.3 is 0 Å². The second kappa shape index (κ2) is 9.60. The number of amides is 1. The van der Waals surface area contributed by atoms with Crippen LogP contribution in [0.3, 0.4) is 0 Å². The van der Waals surface area contributed by atoms with Crippen LogP contribution in [0, 0.1) is 20.8 Å². The van der Waals surface area contributed by atoms with Crippen LogP contribution in [0.25, 0.3) is 16.9 Å². The Balaban J connectivity index is 1.82. The van der Waals surface area contributed by atoms with Gasteiger partial charge in [-0.25, -0.2) is 18.1 Å². The molecule has 0 atom stereocenters. The quantitative estimate of drug-likeness (QED) is 0.555. The van der Waals surface area contributed by atoms with Crippen molar-refractivity contribution in [2.75, 3.05) is 24.1 Å².